The van der Waals surface area contributed by atoms with Gasteiger partial charge in [0.25, 0.3) is 0 Å². The molecular formula is C15H21ClN2O3S. The van der Waals surface area contributed by atoms with Gasteiger partial charge in [0.2, 0.25) is 15.9 Å². The molecular weight excluding hydrogens is 324 g/mol. The molecule has 1 N–H and O–H groups in total. The minimum atomic E-state index is -3.25. The Kier molecular flexibility index (Phi) is 5.83. The molecule has 1 saturated heterocycles. The van der Waals surface area contributed by atoms with E-state index in [1.807, 2.05) is 6.92 Å². The van der Waals surface area contributed by atoms with Crippen molar-refractivity contribution in [3.63, 3.8) is 0 Å². The van der Waals surface area contributed by atoms with Crippen molar-refractivity contribution in [3.05, 3.63) is 29.3 Å². The van der Waals surface area contributed by atoms with Gasteiger partial charge in [-0.05, 0) is 37.5 Å². The molecule has 0 spiro atoms. The lowest BCUT2D eigenvalue weighted by Crippen LogP contribution is -2.44. The second kappa shape index (κ2) is 7.44. The number of nitrogens with zero attached hydrogens (tertiary/aromatic N) is 1. The van der Waals surface area contributed by atoms with Crippen LogP contribution in [0.1, 0.15) is 26.2 Å². The van der Waals surface area contributed by atoms with Gasteiger partial charge < -0.3 is 5.32 Å². The fraction of sp³-hybridized carbons (Fsp3) is 0.533. The van der Waals surface area contributed by atoms with Gasteiger partial charge in [-0.2, -0.15) is 0 Å². The van der Waals surface area contributed by atoms with Crippen LogP contribution >= 0.6 is 11.6 Å². The molecule has 0 bridgehead atoms. The Hall–Kier alpha value is -1.11. The summed E-state index contributed by atoms with van der Waals surface area (Å²) in [7, 11) is -3.25. The van der Waals surface area contributed by atoms with Crippen LogP contribution in [0.25, 0.3) is 0 Å². The van der Waals surface area contributed by atoms with Crippen LogP contribution in [0, 0.1) is 5.92 Å². The molecule has 1 aromatic carbocycles. The maximum absolute atomic E-state index is 12.3. The predicted molar refractivity (Wildman–Crippen MR) is 88.5 cm³/mol. The Morgan fingerprint density at radius 1 is 1.45 bits per heavy atom. The van der Waals surface area contributed by atoms with E-state index in [9.17, 15) is 13.2 Å². The number of hydrogen-bond acceptors (Lipinski definition) is 3. The summed E-state index contributed by atoms with van der Waals surface area (Å²) in [4.78, 5) is 12.3. The van der Waals surface area contributed by atoms with Crippen LogP contribution in [-0.4, -0.2) is 37.5 Å². The van der Waals surface area contributed by atoms with E-state index in [0.717, 1.165) is 0 Å². The van der Waals surface area contributed by atoms with Gasteiger partial charge in [0.05, 0.1) is 11.7 Å². The first-order valence-electron chi connectivity index (χ1n) is 7.46. The average Bonchev–Trinajstić information content (AvgIpc) is 2.47. The van der Waals surface area contributed by atoms with Crippen LogP contribution in [0.4, 0.5) is 5.69 Å². The number of nitrogens with one attached hydrogen (secondary N) is 1. The lowest BCUT2D eigenvalue weighted by atomic mass is 9.99. The maximum atomic E-state index is 12.3. The van der Waals surface area contributed by atoms with Crippen molar-refractivity contribution in [3.8, 4) is 0 Å². The van der Waals surface area contributed by atoms with E-state index in [2.05, 4.69) is 5.32 Å². The highest BCUT2D eigenvalue weighted by Crippen LogP contribution is 2.22. The summed E-state index contributed by atoms with van der Waals surface area (Å²) in [5, 5.41) is 3.36. The average molecular weight is 345 g/mol. The number of carbonyl (C=O) groups excluding carboxylic acids is 1. The molecule has 22 heavy (non-hydrogen) atoms. The maximum Gasteiger partial charge on any atom is 0.228 e. The molecule has 1 aliphatic heterocycles. The lowest BCUT2D eigenvalue weighted by molar-refractivity contribution is -0.120. The van der Waals surface area contributed by atoms with Crippen LogP contribution in [-0.2, 0) is 14.8 Å². The third-order valence-electron chi connectivity index (χ3n) is 3.70. The molecule has 2 rings (SSSR count). The molecule has 0 radical (unpaired) electrons. The van der Waals surface area contributed by atoms with Gasteiger partial charge in [-0.3, -0.25) is 4.79 Å². The number of benzene rings is 1. The summed E-state index contributed by atoms with van der Waals surface area (Å²) in [5.74, 6) is -0.339. The smallest absolute Gasteiger partial charge is 0.228 e. The summed E-state index contributed by atoms with van der Waals surface area (Å²) >= 11 is 5.89. The van der Waals surface area contributed by atoms with Crippen molar-refractivity contribution in [2.75, 3.05) is 24.2 Å². The Labute approximate surface area is 136 Å². The zero-order valence-electron chi connectivity index (χ0n) is 12.6. The van der Waals surface area contributed by atoms with Gasteiger partial charge in [-0.1, -0.05) is 24.6 Å². The Balaban J connectivity index is 2.01. The molecule has 0 aromatic heterocycles. The van der Waals surface area contributed by atoms with Gasteiger partial charge in [0.15, 0.2) is 0 Å². The number of hydrogen-bond donors (Lipinski definition) is 1. The normalized spacial score (nSPS) is 19.8. The summed E-state index contributed by atoms with van der Waals surface area (Å²) in [6.07, 6.45) is 1.99. The fourth-order valence-electron chi connectivity index (χ4n) is 2.61. The molecule has 122 valence electrons. The van der Waals surface area contributed by atoms with Crippen molar-refractivity contribution in [1.29, 1.82) is 0 Å². The molecule has 0 unspecified atom stereocenters. The fourth-order valence-corrected chi connectivity index (χ4v) is 4.39. The molecule has 1 heterocycles. The minimum Gasteiger partial charge on any atom is -0.326 e. The van der Waals surface area contributed by atoms with Gasteiger partial charge in [0, 0.05) is 23.8 Å². The van der Waals surface area contributed by atoms with E-state index in [-0.39, 0.29) is 24.1 Å². The van der Waals surface area contributed by atoms with Gasteiger partial charge in [-0.15, -0.1) is 0 Å². The number of halogens is 1. The van der Waals surface area contributed by atoms with E-state index in [0.29, 0.717) is 36.5 Å². The van der Waals surface area contributed by atoms with Crippen LogP contribution in [0.2, 0.25) is 5.02 Å². The van der Waals surface area contributed by atoms with Crippen molar-refractivity contribution in [2.24, 2.45) is 5.92 Å². The number of rotatable bonds is 5. The number of anilines is 1. The second-order valence-electron chi connectivity index (χ2n) is 5.51. The third kappa shape index (κ3) is 4.44. The highest BCUT2D eigenvalue weighted by atomic mass is 35.5. The highest BCUT2D eigenvalue weighted by Gasteiger charge is 2.31. The first-order chi connectivity index (χ1) is 10.4. The zero-order valence-corrected chi connectivity index (χ0v) is 14.2. The third-order valence-corrected chi connectivity index (χ3v) is 5.98. The Bertz CT molecular complexity index is 633. The van der Waals surface area contributed by atoms with Crippen LogP contribution < -0.4 is 5.32 Å². The minimum absolute atomic E-state index is 0.135. The molecule has 1 aliphatic rings. The van der Waals surface area contributed by atoms with Crippen LogP contribution in [0.5, 0.6) is 0 Å². The van der Waals surface area contributed by atoms with E-state index >= 15 is 0 Å². The quantitative estimate of drug-likeness (QED) is 0.893. The first kappa shape index (κ1) is 17.2. The van der Waals surface area contributed by atoms with Crippen molar-refractivity contribution in [2.45, 2.75) is 26.2 Å². The van der Waals surface area contributed by atoms with Crippen LogP contribution in [0.3, 0.4) is 0 Å². The molecule has 1 amide bonds. The topological polar surface area (TPSA) is 66.5 Å². The van der Waals surface area contributed by atoms with Crippen molar-refractivity contribution >= 4 is 33.2 Å². The summed E-state index contributed by atoms with van der Waals surface area (Å²) in [6, 6.07) is 6.93. The second-order valence-corrected chi connectivity index (χ2v) is 8.04. The summed E-state index contributed by atoms with van der Waals surface area (Å²) in [6.45, 7) is 2.60. The summed E-state index contributed by atoms with van der Waals surface area (Å²) in [5.41, 5.74) is 0.631. The molecule has 1 aromatic rings. The molecule has 7 heteroatoms. The van der Waals surface area contributed by atoms with E-state index < -0.39 is 10.0 Å². The zero-order chi connectivity index (χ0) is 16.2. The Morgan fingerprint density at radius 2 is 2.23 bits per heavy atom. The standard InChI is InChI=1S/C15H21ClN2O3S/c1-2-9-22(20,21)18-8-4-5-12(11-18)15(19)17-14-7-3-6-13(16)10-14/h3,6-7,10,12H,2,4-5,8-9,11H2,1H3,(H,17,19)/t12-/m0/s1. The number of piperidine rings is 1. The number of carbonyl (C=O) groups is 1. The first-order valence-corrected chi connectivity index (χ1v) is 9.45. The number of amides is 1. The predicted octanol–water partition coefficient (Wildman–Crippen LogP) is 2.73. The van der Waals surface area contributed by atoms with Gasteiger partial charge in [0.1, 0.15) is 0 Å². The monoisotopic (exact) mass is 344 g/mol. The largest absolute Gasteiger partial charge is 0.326 e. The van der Waals surface area contributed by atoms with Crippen molar-refractivity contribution < 1.29 is 13.2 Å². The van der Waals surface area contributed by atoms with E-state index in [1.54, 1.807) is 24.3 Å². The molecule has 1 fully saturated rings. The summed E-state index contributed by atoms with van der Waals surface area (Å²) < 4.78 is 25.7. The molecule has 0 aliphatic carbocycles. The van der Waals surface area contributed by atoms with E-state index in [4.69, 9.17) is 11.6 Å². The molecule has 0 saturated carbocycles. The molecule has 1 atom stereocenters. The SMILES string of the molecule is CCCS(=O)(=O)N1CCC[C@H](C(=O)Nc2cccc(Cl)c2)C1. The number of sulfonamides is 1. The van der Waals surface area contributed by atoms with Gasteiger partial charge in [-0.25, -0.2) is 12.7 Å². The highest BCUT2D eigenvalue weighted by molar-refractivity contribution is 7.89. The Morgan fingerprint density at radius 3 is 2.91 bits per heavy atom. The lowest BCUT2D eigenvalue weighted by Gasteiger charge is -2.31. The van der Waals surface area contributed by atoms with Gasteiger partial charge >= 0.3 is 0 Å². The van der Waals surface area contributed by atoms with Crippen LogP contribution in [0.15, 0.2) is 24.3 Å². The van der Waals surface area contributed by atoms with Crippen molar-refractivity contribution in [1.82, 2.24) is 4.31 Å². The molecule has 5 nitrogen and oxygen atoms in total. The van der Waals surface area contributed by atoms with E-state index in [1.165, 1.54) is 4.31 Å².